The van der Waals surface area contributed by atoms with Gasteiger partial charge in [-0.2, -0.15) is 0 Å². The van der Waals surface area contributed by atoms with Crippen LogP contribution in [-0.4, -0.2) is 11.0 Å². The molecule has 1 aromatic carbocycles. The lowest BCUT2D eigenvalue weighted by molar-refractivity contribution is 0.479. The molecule has 1 aromatic heterocycles. The Hall–Kier alpha value is -1.87. The van der Waals surface area contributed by atoms with Crippen LogP contribution >= 0.6 is 0 Å². The molecule has 0 aliphatic rings. The molecule has 2 N–H and O–H groups in total. The smallest absolute Gasteiger partial charge is 0.145 e. The average Bonchev–Trinajstić information content (AvgIpc) is 2.43. The van der Waals surface area contributed by atoms with E-state index in [0.717, 1.165) is 30.0 Å². The summed E-state index contributed by atoms with van der Waals surface area (Å²) in [6, 6.07) is 12.1. The molecule has 0 aliphatic carbocycles. The predicted octanol–water partition coefficient (Wildman–Crippen LogP) is 3.46. The highest BCUT2D eigenvalue weighted by molar-refractivity contribution is 5.32. The Labute approximate surface area is 114 Å². The fourth-order valence-corrected chi connectivity index (χ4v) is 1.79. The second-order valence-corrected chi connectivity index (χ2v) is 4.75. The molecule has 1 atom stereocenters. The van der Waals surface area contributed by atoms with E-state index in [4.69, 9.17) is 10.5 Å². The average molecular weight is 256 g/mol. The van der Waals surface area contributed by atoms with Crippen LogP contribution in [0.3, 0.4) is 0 Å². The molecule has 2 aromatic rings. The highest BCUT2D eigenvalue weighted by Crippen LogP contribution is 2.21. The van der Waals surface area contributed by atoms with Crippen molar-refractivity contribution in [3.05, 3.63) is 53.9 Å². The van der Waals surface area contributed by atoms with Crippen LogP contribution in [0.2, 0.25) is 0 Å². The van der Waals surface area contributed by atoms with Crippen molar-refractivity contribution in [1.82, 2.24) is 4.98 Å². The summed E-state index contributed by atoms with van der Waals surface area (Å²) in [5.41, 5.74) is 8.16. The Morgan fingerprint density at radius 2 is 1.79 bits per heavy atom. The molecule has 0 radical (unpaired) electrons. The van der Waals surface area contributed by atoms with Gasteiger partial charge in [0, 0.05) is 11.7 Å². The van der Waals surface area contributed by atoms with E-state index in [1.807, 2.05) is 31.2 Å². The number of nitrogens with zero attached hydrogens (tertiary/aromatic N) is 1. The van der Waals surface area contributed by atoms with Gasteiger partial charge < -0.3 is 10.5 Å². The fourth-order valence-electron chi connectivity index (χ4n) is 1.79. The van der Waals surface area contributed by atoms with Crippen molar-refractivity contribution in [2.45, 2.75) is 32.7 Å². The number of rotatable bonds is 5. The van der Waals surface area contributed by atoms with Gasteiger partial charge in [-0.05, 0) is 49.6 Å². The molecule has 0 bridgehead atoms. The van der Waals surface area contributed by atoms with E-state index in [0.29, 0.717) is 0 Å². The van der Waals surface area contributed by atoms with Gasteiger partial charge in [-0.25, -0.2) is 0 Å². The van der Waals surface area contributed by atoms with Gasteiger partial charge in [0.2, 0.25) is 0 Å². The lowest BCUT2D eigenvalue weighted by Gasteiger charge is -2.10. The lowest BCUT2D eigenvalue weighted by Crippen LogP contribution is -2.21. The van der Waals surface area contributed by atoms with Crippen LogP contribution < -0.4 is 10.5 Å². The molecule has 0 saturated carbocycles. The van der Waals surface area contributed by atoms with Crippen LogP contribution in [0, 0.1) is 6.92 Å². The van der Waals surface area contributed by atoms with E-state index < -0.39 is 0 Å². The van der Waals surface area contributed by atoms with Crippen molar-refractivity contribution >= 4 is 0 Å². The number of hydrogen-bond acceptors (Lipinski definition) is 3. The predicted molar refractivity (Wildman–Crippen MR) is 77.5 cm³/mol. The summed E-state index contributed by atoms with van der Waals surface area (Å²) in [5, 5.41) is 0. The molecule has 3 heteroatoms. The Balaban J connectivity index is 2.00. The van der Waals surface area contributed by atoms with E-state index in [1.165, 1.54) is 5.56 Å². The highest BCUT2D eigenvalue weighted by Gasteiger charge is 2.02. The largest absolute Gasteiger partial charge is 0.456 e. The molecule has 0 aliphatic heterocycles. The third-order valence-corrected chi connectivity index (χ3v) is 3.07. The summed E-state index contributed by atoms with van der Waals surface area (Å²) in [5.74, 6) is 1.57. The minimum Gasteiger partial charge on any atom is -0.456 e. The molecular weight excluding hydrogens is 236 g/mol. The summed E-state index contributed by atoms with van der Waals surface area (Å²) in [7, 11) is 0. The monoisotopic (exact) mass is 256 g/mol. The quantitative estimate of drug-likeness (QED) is 0.891. The summed E-state index contributed by atoms with van der Waals surface area (Å²) >= 11 is 0. The van der Waals surface area contributed by atoms with Gasteiger partial charge in [0.05, 0.1) is 6.20 Å². The molecule has 0 amide bonds. The second-order valence-electron chi connectivity index (χ2n) is 4.75. The molecule has 0 saturated heterocycles. The Morgan fingerprint density at radius 3 is 2.37 bits per heavy atom. The van der Waals surface area contributed by atoms with Gasteiger partial charge in [0.1, 0.15) is 11.5 Å². The summed E-state index contributed by atoms with van der Waals surface area (Å²) in [4.78, 5) is 4.20. The normalized spacial score (nSPS) is 12.2. The molecule has 1 unspecified atom stereocenters. The van der Waals surface area contributed by atoms with Crippen molar-refractivity contribution in [1.29, 1.82) is 0 Å². The van der Waals surface area contributed by atoms with Gasteiger partial charge in [-0.15, -0.1) is 0 Å². The number of benzene rings is 1. The number of aryl methyl sites for hydroxylation is 1. The van der Waals surface area contributed by atoms with Crippen molar-refractivity contribution in [2.24, 2.45) is 5.73 Å². The fraction of sp³-hybridized carbons (Fsp3) is 0.312. The maximum absolute atomic E-state index is 5.94. The van der Waals surface area contributed by atoms with Crippen LogP contribution in [0.4, 0.5) is 0 Å². The van der Waals surface area contributed by atoms with Gasteiger partial charge in [0.15, 0.2) is 0 Å². The van der Waals surface area contributed by atoms with Crippen molar-refractivity contribution in [3.63, 3.8) is 0 Å². The van der Waals surface area contributed by atoms with Gasteiger partial charge in [0.25, 0.3) is 0 Å². The van der Waals surface area contributed by atoms with E-state index in [2.05, 4.69) is 24.0 Å². The van der Waals surface area contributed by atoms with Crippen LogP contribution in [-0.2, 0) is 6.42 Å². The van der Waals surface area contributed by atoms with Crippen LogP contribution in [0.15, 0.2) is 42.6 Å². The summed E-state index contributed by atoms with van der Waals surface area (Å²) < 4.78 is 5.73. The third-order valence-electron chi connectivity index (χ3n) is 3.07. The number of hydrogen-bond donors (Lipinski definition) is 1. The minimum atomic E-state index is 0.230. The first-order chi connectivity index (χ1) is 9.17. The zero-order valence-corrected chi connectivity index (χ0v) is 11.5. The number of nitrogens with two attached hydrogens (primary N) is 1. The maximum Gasteiger partial charge on any atom is 0.145 e. The van der Waals surface area contributed by atoms with Crippen LogP contribution in [0.1, 0.15) is 24.6 Å². The zero-order valence-electron chi connectivity index (χ0n) is 11.5. The topological polar surface area (TPSA) is 48.1 Å². The first kappa shape index (κ1) is 13.6. The summed E-state index contributed by atoms with van der Waals surface area (Å²) in [6.07, 6.45) is 3.63. The Kier molecular flexibility index (Phi) is 4.53. The van der Waals surface area contributed by atoms with Crippen molar-refractivity contribution in [2.75, 3.05) is 0 Å². The first-order valence-corrected chi connectivity index (χ1v) is 6.62. The first-order valence-electron chi connectivity index (χ1n) is 6.62. The molecule has 1 heterocycles. The van der Waals surface area contributed by atoms with Gasteiger partial charge >= 0.3 is 0 Å². The molecule has 0 spiro atoms. The molecule has 100 valence electrons. The standard InChI is InChI=1S/C16H20N2O/c1-3-14(17)10-13-5-8-15(9-6-13)19-16-7-4-12(2)18-11-16/h4-9,11,14H,3,10,17H2,1-2H3. The number of aromatic nitrogens is 1. The van der Waals surface area contributed by atoms with Crippen molar-refractivity contribution < 1.29 is 4.74 Å². The van der Waals surface area contributed by atoms with E-state index in [1.54, 1.807) is 6.20 Å². The maximum atomic E-state index is 5.94. The summed E-state index contributed by atoms with van der Waals surface area (Å²) in [6.45, 7) is 4.06. The SMILES string of the molecule is CCC(N)Cc1ccc(Oc2ccc(C)nc2)cc1. The second kappa shape index (κ2) is 6.34. The minimum absolute atomic E-state index is 0.230. The Morgan fingerprint density at radius 1 is 1.11 bits per heavy atom. The van der Waals surface area contributed by atoms with E-state index in [9.17, 15) is 0 Å². The molecule has 2 rings (SSSR count). The van der Waals surface area contributed by atoms with Crippen molar-refractivity contribution in [3.8, 4) is 11.5 Å². The van der Waals surface area contributed by atoms with E-state index in [-0.39, 0.29) is 6.04 Å². The van der Waals surface area contributed by atoms with Gasteiger partial charge in [-0.3, -0.25) is 4.98 Å². The molecule has 3 nitrogen and oxygen atoms in total. The van der Waals surface area contributed by atoms with E-state index >= 15 is 0 Å². The molecule has 0 fully saturated rings. The number of pyridine rings is 1. The van der Waals surface area contributed by atoms with Crippen LogP contribution in [0.5, 0.6) is 11.5 Å². The third kappa shape index (κ3) is 4.07. The molecule has 19 heavy (non-hydrogen) atoms. The van der Waals surface area contributed by atoms with Crippen LogP contribution in [0.25, 0.3) is 0 Å². The lowest BCUT2D eigenvalue weighted by atomic mass is 10.0. The highest BCUT2D eigenvalue weighted by atomic mass is 16.5. The molecular formula is C16H20N2O. The zero-order chi connectivity index (χ0) is 13.7. The Bertz CT molecular complexity index is 505. The number of ether oxygens (including phenoxy) is 1. The van der Waals surface area contributed by atoms with Gasteiger partial charge in [-0.1, -0.05) is 19.1 Å².